The van der Waals surface area contributed by atoms with Gasteiger partial charge < -0.3 is 19.5 Å². The zero-order valence-electron chi connectivity index (χ0n) is 16.8. The van der Waals surface area contributed by atoms with Crippen LogP contribution in [0.5, 0.6) is 5.75 Å². The maximum absolute atomic E-state index is 14.7. The van der Waals surface area contributed by atoms with Crippen LogP contribution in [-0.2, 0) is 14.3 Å². The summed E-state index contributed by atoms with van der Waals surface area (Å²) in [6.45, 7) is 0.465. The molecule has 1 heterocycles. The number of rotatable bonds is 7. The van der Waals surface area contributed by atoms with Gasteiger partial charge in [-0.3, -0.25) is 9.59 Å². The van der Waals surface area contributed by atoms with Gasteiger partial charge in [0.2, 0.25) is 0 Å². The van der Waals surface area contributed by atoms with Gasteiger partial charge >= 0.3 is 0 Å². The van der Waals surface area contributed by atoms with Crippen molar-refractivity contribution in [3.05, 3.63) is 69.0 Å². The van der Waals surface area contributed by atoms with Crippen LogP contribution in [0.2, 0.25) is 10.0 Å². The molecule has 1 atom stereocenters. The number of ether oxygens (including phenoxy) is 2. The van der Waals surface area contributed by atoms with Crippen LogP contribution in [0, 0.1) is 5.82 Å². The minimum atomic E-state index is -1.14. The Morgan fingerprint density at radius 1 is 1.19 bits per heavy atom. The van der Waals surface area contributed by atoms with Crippen molar-refractivity contribution in [2.24, 2.45) is 0 Å². The van der Waals surface area contributed by atoms with Crippen molar-refractivity contribution in [1.82, 2.24) is 4.90 Å². The van der Waals surface area contributed by atoms with Crippen molar-refractivity contribution in [3.8, 4) is 5.75 Å². The summed E-state index contributed by atoms with van der Waals surface area (Å²) in [7, 11) is 2.85. The van der Waals surface area contributed by atoms with Crippen molar-refractivity contribution < 1.29 is 28.6 Å². The summed E-state index contributed by atoms with van der Waals surface area (Å²) < 4.78 is 25.0. The fraction of sp³-hybridized carbons (Fsp3) is 0.273. The van der Waals surface area contributed by atoms with Gasteiger partial charge in [0.15, 0.2) is 0 Å². The molecule has 164 valence electrons. The summed E-state index contributed by atoms with van der Waals surface area (Å²) in [5, 5.41) is 11.4. The Kier molecular flexibility index (Phi) is 7.20. The minimum absolute atomic E-state index is 0.0243. The average Bonchev–Trinajstić information content (AvgIpc) is 2.98. The number of nitrogens with zero attached hydrogens (tertiary/aromatic N) is 1. The first-order chi connectivity index (χ1) is 14.8. The molecular weight excluding hydrogens is 448 g/mol. The number of aliphatic hydroxyl groups excluding tert-OH is 1. The zero-order chi connectivity index (χ0) is 22.7. The van der Waals surface area contributed by atoms with E-state index in [2.05, 4.69) is 0 Å². The summed E-state index contributed by atoms with van der Waals surface area (Å²) in [4.78, 5) is 27.0. The highest BCUT2D eigenvalue weighted by Gasteiger charge is 2.47. The number of hydrogen-bond acceptors (Lipinski definition) is 5. The topological polar surface area (TPSA) is 76.1 Å². The van der Waals surface area contributed by atoms with Crippen LogP contribution < -0.4 is 4.74 Å². The van der Waals surface area contributed by atoms with Crippen LogP contribution in [0.15, 0.2) is 42.0 Å². The van der Waals surface area contributed by atoms with E-state index in [1.165, 1.54) is 49.5 Å². The van der Waals surface area contributed by atoms with Gasteiger partial charge in [0.25, 0.3) is 11.7 Å². The Labute approximate surface area is 188 Å². The van der Waals surface area contributed by atoms with E-state index in [1.807, 2.05) is 0 Å². The van der Waals surface area contributed by atoms with Crippen molar-refractivity contribution >= 4 is 40.7 Å². The van der Waals surface area contributed by atoms with Gasteiger partial charge in [-0.25, -0.2) is 4.39 Å². The van der Waals surface area contributed by atoms with E-state index >= 15 is 0 Å². The second kappa shape index (κ2) is 9.68. The fourth-order valence-electron chi connectivity index (χ4n) is 3.60. The molecule has 0 aromatic heterocycles. The Morgan fingerprint density at radius 3 is 2.55 bits per heavy atom. The molecule has 2 aromatic rings. The average molecular weight is 468 g/mol. The van der Waals surface area contributed by atoms with Crippen molar-refractivity contribution in [2.75, 3.05) is 27.4 Å². The molecule has 1 aliphatic heterocycles. The van der Waals surface area contributed by atoms with E-state index < -0.39 is 29.3 Å². The van der Waals surface area contributed by atoms with Crippen molar-refractivity contribution in [2.45, 2.75) is 12.5 Å². The number of carbonyl (C=O) groups excluding carboxylic acids is 2. The molecule has 1 amide bonds. The lowest BCUT2D eigenvalue weighted by Crippen LogP contribution is -2.31. The number of Topliss-reactive ketones (excluding diaryl/α,β-unsaturated/α-hetero) is 1. The number of amides is 1. The maximum atomic E-state index is 14.7. The third-order valence-electron chi connectivity index (χ3n) is 4.95. The van der Waals surface area contributed by atoms with E-state index in [0.717, 1.165) is 0 Å². The van der Waals surface area contributed by atoms with Crippen molar-refractivity contribution in [3.63, 3.8) is 0 Å². The molecular formula is C22H20Cl2FNO5. The van der Waals surface area contributed by atoms with E-state index in [9.17, 15) is 19.1 Å². The Hall–Kier alpha value is -2.61. The maximum Gasteiger partial charge on any atom is 0.295 e. The van der Waals surface area contributed by atoms with E-state index in [1.54, 1.807) is 6.07 Å². The summed E-state index contributed by atoms with van der Waals surface area (Å²) in [6.07, 6.45) is 0.417. The summed E-state index contributed by atoms with van der Waals surface area (Å²) >= 11 is 12.2. The van der Waals surface area contributed by atoms with Crippen LogP contribution in [0.4, 0.5) is 4.39 Å². The molecule has 1 fully saturated rings. The van der Waals surface area contributed by atoms with Gasteiger partial charge in [-0.2, -0.15) is 0 Å². The molecule has 9 heteroatoms. The largest absolute Gasteiger partial charge is 0.507 e. The first-order valence-electron chi connectivity index (χ1n) is 9.37. The summed E-state index contributed by atoms with van der Waals surface area (Å²) in [6, 6.07) is 7.40. The first-order valence-corrected chi connectivity index (χ1v) is 10.1. The smallest absolute Gasteiger partial charge is 0.295 e. The van der Waals surface area contributed by atoms with Gasteiger partial charge in [-0.05, 0) is 24.6 Å². The lowest BCUT2D eigenvalue weighted by molar-refractivity contribution is -0.140. The highest BCUT2D eigenvalue weighted by molar-refractivity contribution is 6.46. The molecule has 6 nitrogen and oxygen atoms in total. The number of hydrogen-bond donors (Lipinski definition) is 1. The molecule has 0 saturated carbocycles. The van der Waals surface area contributed by atoms with Crippen LogP contribution in [0.1, 0.15) is 23.6 Å². The predicted octanol–water partition coefficient (Wildman–Crippen LogP) is 4.60. The Morgan fingerprint density at radius 2 is 1.90 bits per heavy atom. The number of methoxy groups -OCH3 is 2. The predicted molar refractivity (Wildman–Crippen MR) is 115 cm³/mol. The van der Waals surface area contributed by atoms with Crippen LogP contribution in [0.3, 0.4) is 0 Å². The Bertz CT molecular complexity index is 1060. The van der Waals surface area contributed by atoms with Gasteiger partial charge in [-0.1, -0.05) is 41.4 Å². The molecule has 1 aliphatic rings. The molecule has 0 radical (unpaired) electrons. The van der Waals surface area contributed by atoms with Crippen LogP contribution in [0.25, 0.3) is 5.76 Å². The summed E-state index contributed by atoms with van der Waals surface area (Å²) in [5.41, 5.74) is -0.173. The second-order valence-corrected chi connectivity index (χ2v) is 7.67. The number of halogens is 3. The lowest BCUT2D eigenvalue weighted by Gasteiger charge is -2.25. The molecule has 1 unspecified atom stereocenters. The van der Waals surface area contributed by atoms with Crippen LogP contribution >= 0.6 is 23.2 Å². The van der Waals surface area contributed by atoms with Crippen molar-refractivity contribution in [1.29, 1.82) is 0 Å². The van der Waals surface area contributed by atoms with E-state index in [4.69, 9.17) is 32.7 Å². The van der Waals surface area contributed by atoms with Gasteiger partial charge in [-0.15, -0.1) is 0 Å². The number of likely N-dealkylation sites (tertiary alicyclic amines) is 1. The van der Waals surface area contributed by atoms with Gasteiger partial charge in [0, 0.05) is 30.8 Å². The third-order valence-corrected chi connectivity index (χ3v) is 5.45. The molecule has 3 rings (SSSR count). The minimum Gasteiger partial charge on any atom is -0.507 e. The summed E-state index contributed by atoms with van der Waals surface area (Å²) in [5.74, 6) is -2.89. The molecule has 0 spiro atoms. The highest BCUT2D eigenvalue weighted by atomic mass is 35.5. The second-order valence-electron chi connectivity index (χ2n) is 6.83. The molecule has 0 aliphatic carbocycles. The molecule has 31 heavy (non-hydrogen) atoms. The molecule has 1 N–H and O–H groups in total. The van der Waals surface area contributed by atoms with Gasteiger partial charge in [0.1, 0.15) is 17.3 Å². The third kappa shape index (κ3) is 4.39. The number of benzene rings is 2. The molecule has 1 saturated heterocycles. The first kappa shape index (κ1) is 23.1. The highest BCUT2D eigenvalue weighted by Crippen LogP contribution is 2.43. The Balaban J connectivity index is 2.24. The fourth-order valence-corrected chi connectivity index (χ4v) is 4.17. The van der Waals surface area contributed by atoms with Crippen LogP contribution in [-0.4, -0.2) is 49.1 Å². The zero-order valence-corrected chi connectivity index (χ0v) is 18.3. The monoisotopic (exact) mass is 467 g/mol. The lowest BCUT2D eigenvalue weighted by atomic mass is 9.94. The standard InChI is InChI=1S/C22H20Cl2FNO5/c1-30-9-5-8-26-18(13-6-3-4-7-16(13)25)17(20(28)22(26)29)19(27)14-10-12(23)11-15(24)21(14)31-2/h3-4,6-7,10-11,18,27H,5,8-9H2,1-2H3/b19-17+. The molecule has 2 aromatic carbocycles. The quantitative estimate of drug-likeness (QED) is 0.278. The number of aliphatic hydroxyl groups is 1. The number of carbonyl (C=O) groups is 2. The van der Waals surface area contributed by atoms with E-state index in [-0.39, 0.29) is 39.0 Å². The molecule has 0 bridgehead atoms. The van der Waals surface area contributed by atoms with Gasteiger partial charge in [0.05, 0.1) is 29.3 Å². The van der Waals surface area contributed by atoms with E-state index in [0.29, 0.717) is 13.0 Å². The SMILES string of the molecule is COCCCN1C(=O)C(=O)/C(=C(/O)c2cc(Cl)cc(Cl)c2OC)C1c1ccccc1F. The number of ketones is 1. The normalized spacial score (nSPS) is 18.0.